The Balaban J connectivity index is 2.08. The maximum absolute atomic E-state index is 12.7. The van der Waals surface area contributed by atoms with Gasteiger partial charge in [-0.2, -0.15) is 0 Å². The van der Waals surface area contributed by atoms with Gasteiger partial charge < -0.3 is 5.32 Å². The quantitative estimate of drug-likeness (QED) is 0.753. The molecule has 0 radical (unpaired) electrons. The van der Waals surface area contributed by atoms with Crippen LogP contribution in [0.15, 0.2) is 22.3 Å². The summed E-state index contributed by atoms with van der Waals surface area (Å²) in [6.07, 6.45) is 3.46. The molecule has 1 fully saturated rings. The van der Waals surface area contributed by atoms with Crippen LogP contribution in [0.25, 0.3) is 0 Å². The summed E-state index contributed by atoms with van der Waals surface area (Å²) in [5.41, 5.74) is 4.78. The van der Waals surface area contributed by atoms with E-state index < -0.39 is 5.54 Å². The Morgan fingerprint density at radius 3 is 2.23 bits per heavy atom. The first kappa shape index (κ1) is 15.5. The second-order valence-electron chi connectivity index (χ2n) is 7.80. The summed E-state index contributed by atoms with van der Waals surface area (Å²) in [4.78, 5) is 25.3. The van der Waals surface area contributed by atoms with Gasteiger partial charge in [0, 0.05) is 5.92 Å². The van der Waals surface area contributed by atoms with Crippen LogP contribution in [0.2, 0.25) is 0 Å². The van der Waals surface area contributed by atoms with E-state index in [1.165, 1.54) is 22.3 Å². The summed E-state index contributed by atoms with van der Waals surface area (Å²) >= 11 is 0. The highest BCUT2D eigenvalue weighted by Gasteiger charge is 2.57. The minimum absolute atomic E-state index is 0.0485. The fraction of sp³-hybridized carbons (Fsp3) is 0.684. The SMILES string of the molecule is CC(=O)[C@]12CC(C)=C(C)C[C@H]1[C@@H]1CC(C)=C(C)C[C@H]1C(=O)N2. The monoisotopic (exact) mass is 301 g/mol. The Bertz CT molecular complexity index is 613. The van der Waals surface area contributed by atoms with Gasteiger partial charge in [0.15, 0.2) is 5.78 Å². The zero-order valence-electron chi connectivity index (χ0n) is 14.4. The van der Waals surface area contributed by atoms with Crippen LogP contribution < -0.4 is 5.32 Å². The average Bonchev–Trinajstić information content (AvgIpc) is 2.43. The van der Waals surface area contributed by atoms with Crippen LogP contribution in [-0.4, -0.2) is 17.2 Å². The molecule has 1 aliphatic heterocycles. The average molecular weight is 301 g/mol. The van der Waals surface area contributed by atoms with E-state index in [0.29, 0.717) is 12.3 Å². The second kappa shape index (κ2) is 5.07. The third-order valence-corrected chi connectivity index (χ3v) is 6.57. The molecular weight excluding hydrogens is 274 g/mol. The lowest BCUT2D eigenvalue weighted by Crippen LogP contribution is -2.68. The molecule has 120 valence electrons. The van der Waals surface area contributed by atoms with Gasteiger partial charge in [0.25, 0.3) is 0 Å². The topological polar surface area (TPSA) is 46.2 Å². The number of allylic oxidation sites excluding steroid dienone is 3. The molecule has 1 heterocycles. The van der Waals surface area contributed by atoms with Crippen molar-refractivity contribution in [3.8, 4) is 0 Å². The predicted octanol–water partition coefficient (Wildman–Crippen LogP) is 3.55. The van der Waals surface area contributed by atoms with E-state index in [0.717, 1.165) is 19.3 Å². The normalized spacial score (nSPS) is 38.4. The number of ketones is 1. The maximum Gasteiger partial charge on any atom is 0.224 e. The van der Waals surface area contributed by atoms with Gasteiger partial charge in [-0.1, -0.05) is 22.3 Å². The van der Waals surface area contributed by atoms with Crippen molar-refractivity contribution >= 4 is 11.7 Å². The van der Waals surface area contributed by atoms with Crippen molar-refractivity contribution in [3.63, 3.8) is 0 Å². The van der Waals surface area contributed by atoms with E-state index >= 15 is 0 Å². The van der Waals surface area contributed by atoms with Crippen LogP contribution in [0.4, 0.5) is 0 Å². The number of amides is 1. The number of Topliss-reactive ketones (excluding diaryl/α,β-unsaturated/α-hetero) is 1. The summed E-state index contributed by atoms with van der Waals surface area (Å²) in [5, 5.41) is 3.17. The van der Waals surface area contributed by atoms with E-state index in [2.05, 4.69) is 33.0 Å². The minimum Gasteiger partial charge on any atom is -0.343 e. The van der Waals surface area contributed by atoms with Gasteiger partial charge in [-0.3, -0.25) is 9.59 Å². The highest BCUT2D eigenvalue weighted by atomic mass is 16.2. The molecule has 0 spiro atoms. The molecule has 2 aliphatic carbocycles. The van der Waals surface area contributed by atoms with Crippen LogP contribution in [0.5, 0.6) is 0 Å². The summed E-state index contributed by atoms with van der Waals surface area (Å²) < 4.78 is 0. The largest absolute Gasteiger partial charge is 0.343 e. The Kier molecular flexibility index (Phi) is 3.58. The highest BCUT2D eigenvalue weighted by molar-refractivity contribution is 5.94. The lowest BCUT2D eigenvalue weighted by molar-refractivity contribution is -0.146. The van der Waals surface area contributed by atoms with E-state index in [4.69, 9.17) is 0 Å². The fourth-order valence-electron chi connectivity index (χ4n) is 4.85. The molecular formula is C19H27NO2. The van der Waals surface area contributed by atoms with Gasteiger partial charge in [-0.15, -0.1) is 0 Å². The van der Waals surface area contributed by atoms with E-state index in [1.54, 1.807) is 6.92 Å². The smallest absolute Gasteiger partial charge is 0.224 e. The summed E-state index contributed by atoms with van der Waals surface area (Å²) in [5.74, 6) is 0.826. The molecule has 3 rings (SSSR count). The Labute approximate surface area is 133 Å². The molecule has 3 nitrogen and oxygen atoms in total. The van der Waals surface area contributed by atoms with E-state index in [1.807, 2.05) is 0 Å². The van der Waals surface area contributed by atoms with Crippen molar-refractivity contribution in [2.45, 2.75) is 65.8 Å². The lowest BCUT2D eigenvalue weighted by Gasteiger charge is -2.54. The Morgan fingerprint density at radius 1 is 1.00 bits per heavy atom. The molecule has 1 N–H and O–H groups in total. The number of piperidine rings is 1. The number of nitrogens with one attached hydrogen (secondary N) is 1. The number of rotatable bonds is 1. The zero-order chi connectivity index (χ0) is 16.2. The third-order valence-electron chi connectivity index (χ3n) is 6.57. The van der Waals surface area contributed by atoms with Crippen LogP contribution in [-0.2, 0) is 9.59 Å². The minimum atomic E-state index is -0.659. The van der Waals surface area contributed by atoms with E-state index in [-0.39, 0.29) is 23.5 Å². The molecule has 1 saturated heterocycles. The van der Waals surface area contributed by atoms with Gasteiger partial charge in [-0.25, -0.2) is 0 Å². The molecule has 0 saturated carbocycles. The van der Waals surface area contributed by atoms with Crippen molar-refractivity contribution in [2.75, 3.05) is 0 Å². The van der Waals surface area contributed by atoms with Gasteiger partial charge in [-0.05, 0) is 72.1 Å². The molecule has 4 atom stereocenters. The Hall–Kier alpha value is -1.38. The van der Waals surface area contributed by atoms with Crippen molar-refractivity contribution in [1.29, 1.82) is 0 Å². The number of hydrogen-bond acceptors (Lipinski definition) is 2. The second-order valence-corrected chi connectivity index (χ2v) is 7.80. The van der Waals surface area contributed by atoms with Crippen molar-refractivity contribution < 1.29 is 9.59 Å². The van der Waals surface area contributed by atoms with Crippen LogP contribution in [0.1, 0.15) is 60.3 Å². The van der Waals surface area contributed by atoms with Crippen LogP contribution in [0, 0.1) is 17.8 Å². The first-order chi connectivity index (χ1) is 10.3. The molecule has 3 heteroatoms. The summed E-state index contributed by atoms with van der Waals surface area (Å²) in [6, 6.07) is 0. The maximum atomic E-state index is 12.7. The number of hydrogen-bond donors (Lipinski definition) is 1. The van der Waals surface area contributed by atoms with Crippen molar-refractivity contribution in [3.05, 3.63) is 22.3 Å². The molecule has 1 amide bonds. The van der Waals surface area contributed by atoms with Gasteiger partial charge >= 0.3 is 0 Å². The lowest BCUT2D eigenvalue weighted by atomic mass is 9.55. The molecule has 0 unspecified atom stereocenters. The molecule has 0 aromatic rings. The first-order valence-electron chi connectivity index (χ1n) is 8.39. The van der Waals surface area contributed by atoms with Gasteiger partial charge in [0.2, 0.25) is 5.91 Å². The van der Waals surface area contributed by atoms with Gasteiger partial charge in [0.05, 0.1) is 0 Å². The number of carbonyl (C=O) groups is 2. The van der Waals surface area contributed by atoms with Crippen LogP contribution in [0.3, 0.4) is 0 Å². The third kappa shape index (κ3) is 2.09. The molecule has 3 aliphatic rings. The highest BCUT2D eigenvalue weighted by Crippen LogP contribution is 2.51. The standard InChI is InChI=1S/C19H27NO2/c1-10-6-15-16(7-11(10)2)18(22)20-19(14(5)21)9-13(4)12(3)8-17(15)19/h15-17H,6-9H2,1-5H3,(H,20,22)/t15-,16-,17+,19-/m1/s1. The molecule has 0 aromatic carbocycles. The van der Waals surface area contributed by atoms with Crippen molar-refractivity contribution in [1.82, 2.24) is 5.32 Å². The molecule has 22 heavy (non-hydrogen) atoms. The number of carbonyl (C=O) groups excluding carboxylic acids is 2. The van der Waals surface area contributed by atoms with E-state index in [9.17, 15) is 9.59 Å². The fourth-order valence-corrected chi connectivity index (χ4v) is 4.85. The van der Waals surface area contributed by atoms with Gasteiger partial charge in [0.1, 0.15) is 5.54 Å². The van der Waals surface area contributed by atoms with Crippen molar-refractivity contribution in [2.24, 2.45) is 17.8 Å². The first-order valence-corrected chi connectivity index (χ1v) is 8.39. The van der Waals surface area contributed by atoms with Crippen LogP contribution >= 0.6 is 0 Å². The number of fused-ring (bicyclic) bond motifs is 3. The molecule has 0 bridgehead atoms. The Morgan fingerprint density at radius 2 is 1.59 bits per heavy atom. The molecule has 0 aromatic heterocycles. The summed E-state index contributed by atoms with van der Waals surface area (Å²) in [7, 11) is 0. The summed E-state index contributed by atoms with van der Waals surface area (Å²) in [6.45, 7) is 10.3. The predicted molar refractivity (Wildman–Crippen MR) is 87.2 cm³/mol. The zero-order valence-corrected chi connectivity index (χ0v) is 14.4.